The van der Waals surface area contributed by atoms with Crippen LogP contribution in [0.2, 0.25) is 0 Å². The number of hydrogen-bond acceptors (Lipinski definition) is 6. The molecular weight excluding hydrogens is 368 g/mol. The van der Waals surface area contributed by atoms with E-state index in [1.807, 2.05) is 19.1 Å². The summed E-state index contributed by atoms with van der Waals surface area (Å²) in [7, 11) is -3.16. The van der Waals surface area contributed by atoms with Gasteiger partial charge in [-0.2, -0.15) is 0 Å². The summed E-state index contributed by atoms with van der Waals surface area (Å²) >= 11 is 0. The Morgan fingerprint density at radius 3 is 2.15 bits per heavy atom. The van der Waals surface area contributed by atoms with E-state index in [2.05, 4.69) is 0 Å². The first-order valence-electron chi connectivity index (χ1n) is 8.67. The molecule has 7 heteroatoms. The molecule has 0 aliphatic carbocycles. The third kappa shape index (κ3) is 7.70. The molecule has 0 bridgehead atoms. The van der Waals surface area contributed by atoms with Crippen LogP contribution in [0.25, 0.3) is 0 Å². The predicted molar refractivity (Wildman–Crippen MR) is 103 cm³/mol. The van der Waals surface area contributed by atoms with Crippen LogP contribution in [-0.4, -0.2) is 40.5 Å². The van der Waals surface area contributed by atoms with Crippen molar-refractivity contribution in [2.45, 2.75) is 19.1 Å². The highest BCUT2D eigenvalue weighted by atomic mass is 32.2. The number of ether oxygens (including phenoxy) is 3. The fourth-order valence-electron chi connectivity index (χ4n) is 2.32. The number of carbonyl (C=O) groups excluding carboxylic acids is 1. The van der Waals surface area contributed by atoms with Crippen LogP contribution < -0.4 is 9.47 Å². The van der Waals surface area contributed by atoms with E-state index in [0.717, 1.165) is 18.4 Å². The van der Waals surface area contributed by atoms with Crippen LogP contribution in [0.4, 0.5) is 0 Å². The van der Waals surface area contributed by atoms with Gasteiger partial charge in [0.25, 0.3) is 0 Å². The molecule has 6 nitrogen and oxygen atoms in total. The molecule has 2 rings (SSSR count). The van der Waals surface area contributed by atoms with E-state index in [9.17, 15) is 13.2 Å². The molecule has 2 aromatic carbocycles. The smallest absolute Gasteiger partial charge is 0.338 e. The summed E-state index contributed by atoms with van der Waals surface area (Å²) in [6, 6.07) is 13.6. The van der Waals surface area contributed by atoms with Gasteiger partial charge in [-0.05, 0) is 48.4 Å². The van der Waals surface area contributed by atoms with Gasteiger partial charge in [0.1, 0.15) is 24.7 Å². The molecule has 0 amide bonds. The monoisotopic (exact) mass is 392 g/mol. The topological polar surface area (TPSA) is 78.9 Å². The van der Waals surface area contributed by atoms with E-state index in [1.54, 1.807) is 30.3 Å². The standard InChI is InChI=1S/C20H24O6S/c1-3-11-24-18-7-9-19(10-8-18)25-12-13-26-20(21)17-6-4-5-16(14-17)15-27(2,22)23/h4-10,14H,3,11-13,15H2,1-2H3. The molecule has 0 aliphatic rings. The highest BCUT2D eigenvalue weighted by Gasteiger charge is 2.10. The van der Waals surface area contributed by atoms with Gasteiger partial charge in [-0.3, -0.25) is 0 Å². The quantitative estimate of drug-likeness (QED) is 0.456. The van der Waals surface area contributed by atoms with Crippen LogP contribution in [0.3, 0.4) is 0 Å². The molecule has 2 aromatic rings. The molecule has 0 saturated carbocycles. The minimum Gasteiger partial charge on any atom is -0.494 e. The number of esters is 1. The molecule has 0 heterocycles. The second-order valence-electron chi connectivity index (χ2n) is 6.07. The summed E-state index contributed by atoms with van der Waals surface area (Å²) in [4.78, 5) is 12.1. The maximum absolute atomic E-state index is 12.1. The van der Waals surface area contributed by atoms with Crippen LogP contribution >= 0.6 is 0 Å². The Kier molecular flexibility index (Phi) is 7.67. The summed E-state index contributed by atoms with van der Waals surface area (Å²) in [6.45, 7) is 3.01. The lowest BCUT2D eigenvalue weighted by Gasteiger charge is -2.09. The van der Waals surface area contributed by atoms with Crippen molar-refractivity contribution in [1.82, 2.24) is 0 Å². The Hall–Kier alpha value is -2.54. The second kappa shape index (κ2) is 9.97. The van der Waals surface area contributed by atoms with Gasteiger partial charge >= 0.3 is 5.97 Å². The van der Waals surface area contributed by atoms with Gasteiger partial charge in [-0.1, -0.05) is 19.1 Å². The lowest BCUT2D eigenvalue weighted by molar-refractivity contribution is 0.0450. The van der Waals surface area contributed by atoms with Crippen molar-refractivity contribution in [1.29, 1.82) is 0 Å². The maximum Gasteiger partial charge on any atom is 0.338 e. The van der Waals surface area contributed by atoms with Crippen molar-refractivity contribution in [3.8, 4) is 11.5 Å². The lowest BCUT2D eigenvalue weighted by Crippen LogP contribution is -2.13. The Morgan fingerprint density at radius 2 is 1.56 bits per heavy atom. The normalized spacial score (nSPS) is 11.0. The zero-order valence-electron chi connectivity index (χ0n) is 15.5. The number of hydrogen-bond donors (Lipinski definition) is 0. The van der Waals surface area contributed by atoms with Crippen LogP contribution in [0.5, 0.6) is 11.5 Å². The Bertz CT molecular complexity index is 843. The summed E-state index contributed by atoms with van der Waals surface area (Å²) in [6.07, 6.45) is 2.10. The molecule has 0 aromatic heterocycles. The van der Waals surface area contributed by atoms with Crippen molar-refractivity contribution < 1.29 is 27.4 Å². The number of rotatable bonds is 10. The van der Waals surface area contributed by atoms with Crippen LogP contribution in [0, 0.1) is 0 Å². The van der Waals surface area contributed by atoms with Crippen LogP contribution in [0.1, 0.15) is 29.3 Å². The van der Waals surface area contributed by atoms with Gasteiger partial charge in [0, 0.05) is 6.26 Å². The van der Waals surface area contributed by atoms with Crippen molar-refractivity contribution in [2.24, 2.45) is 0 Å². The first-order chi connectivity index (χ1) is 12.9. The van der Waals surface area contributed by atoms with Crippen LogP contribution in [-0.2, 0) is 20.3 Å². The second-order valence-corrected chi connectivity index (χ2v) is 8.21. The Morgan fingerprint density at radius 1 is 0.926 bits per heavy atom. The summed E-state index contributed by atoms with van der Waals surface area (Å²) in [5.74, 6) is 0.807. The van der Waals surface area contributed by atoms with E-state index < -0.39 is 15.8 Å². The van der Waals surface area contributed by atoms with Gasteiger partial charge in [0.2, 0.25) is 0 Å². The maximum atomic E-state index is 12.1. The third-order valence-electron chi connectivity index (χ3n) is 3.47. The van der Waals surface area contributed by atoms with E-state index in [0.29, 0.717) is 23.5 Å². The molecule has 146 valence electrons. The summed E-state index contributed by atoms with van der Waals surface area (Å²) in [5.41, 5.74) is 0.863. The van der Waals surface area contributed by atoms with Gasteiger partial charge < -0.3 is 14.2 Å². The zero-order chi connectivity index (χ0) is 19.7. The van der Waals surface area contributed by atoms with Crippen LogP contribution in [0.15, 0.2) is 48.5 Å². The average Bonchev–Trinajstić information content (AvgIpc) is 2.63. The minimum atomic E-state index is -3.16. The number of benzene rings is 2. The van der Waals surface area contributed by atoms with E-state index in [4.69, 9.17) is 14.2 Å². The molecule has 0 spiro atoms. The van der Waals surface area contributed by atoms with E-state index in [1.165, 1.54) is 6.07 Å². The molecule has 0 saturated heterocycles. The van der Waals surface area contributed by atoms with Gasteiger partial charge in [0.05, 0.1) is 17.9 Å². The Labute approximate surface area is 160 Å². The first-order valence-corrected chi connectivity index (χ1v) is 10.7. The average molecular weight is 392 g/mol. The molecule has 0 aliphatic heterocycles. The molecule has 0 unspecified atom stereocenters. The molecule has 0 radical (unpaired) electrons. The molecule has 0 atom stereocenters. The Balaban J connectivity index is 1.78. The molecular formula is C20H24O6S. The van der Waals surface area contributed by atoms with Crippen molar-refractivity contribution in [2.75, 3.05) is 26.1 Å². The van der Waals surface area contributed by atoms with E-state index >= 15 is 0 Å². The molecule has 27 heavy (non-hydrogen) atoms. The fraction of sp³-hybridized carbons (Fsp3) is 0.350. The fourth-order valence-corrected chi connectivity index (χ4v) is 3.11. The summed E-state index contributed by atoms with van der Waals surface area (Å²) in [5, 5.41) is 0. The zero-order valence-corrected chi connectivity index (χ0v) is 16.3. The van der Waals surface area contributed by atoms with Gasteiger partial charge in [0.15, 0.2) is 9.84 Å². The minimum absolute atomic E-state index is 0.0865. The number of sulfone groups is 1. The van der Waals surface area contributed by atoms with Crippen molar-refractivity contribution >= 4 is 15.8 Å². The molecule has 0 fully saturated rings. The highest BCUT2D eigenvalue weighted by Crippen LogP contribution is 2.17. The lowest BCUT2D eigenvalue weighted by atomic mass is 10.1. The van der Waals surface area contributed by atoms with E-state index in [-0.39, 0.29) is 19.0 Å². The third-order valence-corrected chi connectivity index (χ3v) is 4.33. The van der Waals surface area contributed by atoms with Crippen molar-refractivity contribution in [3.05, 3.63) is 59.7 Å². The largest absolute Gasteiger partial charge is 0.494 e. The highest BCUT2D eigenvalue weighted by molar-refractivity contribution is 7.89. The van der Waals surface area contributed by atoms with Crippen molar-refractivity contribution in [3.63, 3.8) is 0 Å². The number of carbonyl (C=O) groups is 1. The SMILES string of the molecule is CCCOc1ccc(OCCOC(=O)c2cccc(CS(C)(=O)=O)c2)cc1. The first kappa shape index (κ1) is 20.8. The van der Waals surface area contributed by atoms with Gasteiger partial charge in [-0.25, -0.2) is 13.2 Å². The predicted octanol–water partition coefficient (Wildman–Crippen LogP) is 3.26. The van der Waals surface area contributed by atoms with Gasteiger partial charge in [-0.15, -0.1) is 0 Å². The molecule has 0 N–H and O–H groups in total. The summed E-state index contributed by atoms with van der Waals surface area (Å²) < 4.78 is 38.9.